The number of ether oxygens (including phenoxy) is 1. The molecule has 0 N–H and O–H groups in total. The SMILES string of the molecule is CCC(C)N(C(=O)COC(=O)c1cc(-c2cccs2)nn1-c1ccccc1)C1CCS(=O)(=O)C1. The van der Waals surface area contributed by atoms with E-state index < -0.39 is 34.4 Å². The third-order valence-electron chi connectivity index (χ3n) is 5.98. The molecule has 1 saturated heterocycles. The van der Waals surface area contributed by atoms with Gasteiger partial charge in [-0.25, -0.2) is 17.9 Å². The molecule has 1 aliphatic heterocycles. The van der Waals surface area contributed by atoms with Crippen molar-refractivity contribution < 1.29 is 22.7 Å². The van der Waals surface area contributed by atoms with Crippen LogP contribution >= 0.6 is 11.3 Å². The first-order chi connectivity index (χ1) is 16.3. The van der Waals surface area contributed by atoms with E-state index in [9.17, 15) is 18.0 Å². The topological polar surface area (TPSA) is 98.6 Å². The highest BCUT2D eigenvalue weighted by atomic mass is 32.2. The molecule has 1 fully saturated rings. The molecule has 1 aromatic carbocycles. The van der Waals surface area contributed by atoms with Crippen molar-refractivity contribution in [2.24, 2.45) is 0 Å². The van der Waals surface area contributed by atoms with E-state index in [0.717, 1.165) is 4.88 Å². The molecule has 3 aromatic rings. The van der Waals surface area contributed by atoms with E-state index >= 15 is 0 Å². The van der Waals surface area contributed by atoms with Crippen LogP contribution in [0.15, 0.2) is 53.9 Å². The second-order valence-corrected chi connectivity index (χ2v) is 11.5. The number of hydrogen-bond acceptors (Lipinski definition) is 7. The van der Waals surface area contributed by atoms with Crippen LogP contribution < -0.4 is 0 Å². The summed E-state index contributed by atoms with van der Waals surface area (Å²) in [6.45, 7) is 3.35. The summed E-state index contributed by atoms with van der Waals surface area (Å²) in [5.74, 6) is -1.05. The summed E-state index contributed by atoms with van der Waals surface area (Å²) in [6.07, 6.45) is 1.07. The third-order valence-corrected chi connectivity index (χ3v) is 8.62. The van der Waals surface area contributed by atoms with E-state index in [1.165, 1.54) is 16.0 Å². The molecular weight excluding hydrogens is 474 g/mol. The number of hydrogen-bond donors (Lipinski definition) is 0. The van der Waals surface area contributed by atoms with E-state index in [2.05, 4.69) is 5.10 Å². The van der Waals surface area contributed by atoms with Gasteiger partial charge in [0.05, 0.1) is 22.1 Å². The Morgan fingerprint density at radius 1 is 1.24 bits per heavy atom. The molecule has 0 spiro atoms. The van der Waals surface area contributed by atoms with Gasteiger partial charge in [0, 0.05) is 18.2 Å². The van der Waals surface area contributed by atoms with Crippen LogP contribution in [-0.4, -0.2) is 65.2 Å². The molecule has 10 heteroatoms. The van der Waals surface area contributed by atoms with Crippen molar-refractivity contribution in [1.29, 1.82) is 0 Å². The van der Waals surface area contributed by atoms with Crippen LogP contribution in [0.1, 0.15) is 37.2 Å². The lowest BCUT2D eigenvalue weighted by atomic mass is 10.1. The van der Waals surface area contributed by atoms with Crippen LogP contribution in [0, 0.1) is 0 Å². The average Bonchev–Trinajstić information content (AvgIpc) is 3.57. The number of rotatable bonds is 8. The number of carbonyl (C=O) groups is 2. The molecule has 180 valence electrons. The molecule has 0 bridgehead atoms. The van der Waals surface area contributed by atoms with E-state index in [0.29, 0.717) is 24.2 Å². The van der Waals surface area contributed by atoms with E-state index in [-0.39, 0.29) is 23.2 Å². The van der Waals surface area contributed by atoms with Crippen LogP contribution in [0.3, 0.4) is 0 Å². The molecule has 1 aliphatic rings. The van der Waals surface area contributed by atoms with Crippen molar-refractivity contribution in [2.75, 3.05) is 18.1 Å². The highest BCUT2D eigenvalue weighted by molar-refractivity contribution is 7.91. The highest BCUT2D eigenvalue weighted by Crippen LogP contribution is 2.26. The maximum absolute atomic E-state index is 13.1. The minimum atomic E-state index is -3.16. The number of aromatic nitrogens is 2. The Labute approximate surface area is 203 Å². The summed E-state index contributed by atoms with van der Waals surface area (Å²) >= 11 is 1.51. The number of benzene rings is 1. The van der Waals surface area contributed by atoms with Gasteiger partial charge in [-0.2, -0.15) is 5.10 Å². The molecule has 2 aromatic heterocycles. The monoisotopic (exact) mass is 501 g/mol. The van der Waals surface area contributed by atoms with E-state index in [1.54, 1.807) is 11.0 Å². The van der Waals surface area contributed by atoms with Crippen molar-refractivity contribution >= 4 is 33.1 Å². The number of sulfone groups is 1. The zero-order valence-electron chi connectivity index (χ0n) is 19.1. The lowest BCUT2D eigenvalue weighted by Crippen LogP contribution is -2.48. The van der Waals surface area contributed by atoms with Crippen molar-refractivity contribution in [2.45, 2.75) is 38.8 Å². The molecule has 1 amide bonds. The summed E-state index contributed by atoms with van der Waals surface area (Å²) in [5, 5.41) is 6.52. The summed E-state index contributed by atoms with van der Waals surface area (Å²) in [6, 6.07) is 14.1. The number of nitrogens with zero attached hydrogens (tertiary/aromatic N) is 3. The normalized spacial score (nSPS) is 17.9. The Hall–Kier alpha value is -2.98. The predicted octanol–water partition coefficient (Wildman–Crippen LogP) is 3.57. The number of para-hydroxylation sites is 1. The van der Waals surface area contributed by atoms with Gasteiger partial charge in [0.2, 0.25) is 0 Å². The lowest BCUT2D eigenvalue weighted by molar-refractivity contribution is -0.138. The van der Waals surface area contributed by atoms with E-state index in [1.807, 2.05) is 61.7 Å². The van der Waals surface area contributed by atoms with Crippen LogP contribution in [0.5, 0.6) is 0 Å². The Balaban J connectivity index is 1.54. The smallest absolute Gasteiger partial charge is 0.357 e. The van der Waals surface area contributed by atoms with Crippen molar-refractivity contribution in [3.63, 3.8) is 0 Å². The summed E-state index contributed by atoms with van der Waals surface area (Å²) in [7, 11) is -3.16. The summed E-state index contributed by atoms with van der Waals surface area (Å²) < 4.78 is 30.9. The van der Waals surface area contributed by atoms with Gasteiger partial charge < -0.3 is 9.64 Å². The number of amides is 1. The first-order valence-electron chi connectivity index (χ1n) is 11.2. The standard InChI is InChI=1S/C24H27N3O5S2/c1-3-17(2)26(19-11-13-34(30,31)16-19)23(28)15-32-24(29)21-14-20(22-10-7-12-33-22)25-27(21)18-8-5-4-6-9-18/h4-10,12,14,17,19H,3,11,13,15-16H2,1-2H3. The Bertz CT molecular complexity index is 1250. The van der Waals surface area contributed by atoms with Crippen LogP contribution in [0.25, 0.3) is 16.3 Å². The first kappa shape index (κ1) is 24.2. The van der Waals surface area contributed by atoms with Gasteiger partial charge >= 0.3 is 5.97 Å². The van der Waals surface area contributed by atoms with Crippen molar-refractivity contribution in [3.8, 4) is 16.3 Å². The fourth-order valence-corrected chi connectivity index (χ4v) is 6.51. The molecule has 0 aliphatic carbocycles. The molecule has 2 unspecified atom stereocenters. The second-order valence-electron chi connectivity index (χ2n) is 8.33. The number of esters is 1. The maximum atomic E-state index is 13.1. The van der Waals surface area contributed by atoms with Crippen LogP contribution in [0.2, 0.25) is 0 Å². The van der Waals surface area contributed by atoms with Gasteiger partial charge in [-0.05, 0) is 43.3 Å². The Kier molecular flexibility index (Phi) is 7.18. The third kappa shape index (κ3) is 5.23. The minimum absolute atomic E-state index is 0.0536. The molecule has 4 rings (SSSR count). The zero-order chi connectivity index (χ0) is 24.3. The Morgan fingerprint density at radius 3 is 2.62 bits per heavy atom. The first-order valence-corrected chi connectivity index (χ1v) is 13.9. The van der Waals surface area contributed by atoms with Gasteiger partial charge in [0.1, 0.15) is 5.69 Å². The molecule has 0 radical (unpaired) electrons. The maximum Gasteiger partial charge on any atom is 0.357 e. The molecular formula is C24H27N3O5S2. The molecule has 0 saturated carbocycles. The van der Waals surface area contributed by atoms with Crippen LogP contribution in [-0.2, 0) is 19.4 Å². The van der Waals surface area contributed by atoms with Gasteiger partial charge in [0.25, 0.3) is 5.91 Å². The number of carbonyl (C=O) groups excluding carboxylic acids is 2. The lowest BCUT2D eigenvalue weighted by Gasteiger charge is -2.33. The molecule has 34 heavy (non-hydrogen) atoms. The summed E-state index contributed by atoms with van der Waals surface area (Å²) in [5.41, 5.74) is 1.54. The van der Waals surface area contributed by atoms with E-state index in [4.69, 9.17) is 4.74 Å². The quantitative estimate of drug-likeness (QED) is 0.438. The molecule has 8 nitrogen and oxygen atoms in total. The minimum Gasteiger partial charge on any atom is -0.451 e. The number of thiophene rings is 1. The second kappa shape index (κ2) is 10.1. The highest BCUT2D eigenvalue weighted by Gasteiger charge is 2.37. The van der Waals surface area contributed by atoms with Gasteiger partial charge in [-0.15, -0.1) is 11.3 Å². The van der Waals surface area contributed by atoms with Crippen molar-refractivity contribution in [3.05, 3.63) is 59.6 Å². The van der Waals surface area contributed by atoms with Gasteiger partial charge in [-0.1, -0.05) is 31.2 Å². The predicted molar refractivity (Wildman–Crippen MR) is 131 cm³/mol. The molecule has 2 atom stereocenters. The largest absolute Gasteiger partial charge is 0.451 e. The molecule has 3 heterocycles. The Morgan fingerprint density at radius 2 is 2.00 bits per heavy atom. The zero-order valence-corrected chi connectivity index (χ0v) is 20.7. The fraction of sp³-hybridized carbons (Fsp3) is 0.375. The van der Waals surface area contributed by atoms with Gasteiger partial charge in [-0.3, -0.25) is 4.79 Å². The van der Waals surface area contributed by atoms with Crippen LogP contribution in [0.4, 0.5) is 0 Å². The van der Waals surface area contributed by atoms with Crippen molar-refractivity contribution in [1.82, 2.24) is 14.7 Å². The van der Waals surface area contributed by atoms with Gasteiger partial charge in [0.15, 0.2) is 22.1 Å². The summed E-state index contributed by atoms with van der Waals surface area (Å²) in [4.78, 5) is 28.6. The average molecular weight is 502 g/mol. The fourth-order valence-electron chi connectivity index (χ4n) is 4.11.